The van der Waals surface area contributed by atoms with E-state index in [1.54, 1.807) is 0 Å². The average Bonchev–Trinajstić information content (AvgIpc) is 3.05. The monoisotopic (exact) mass is 325 g/mol. The van der Waals surface area contributed by atoms with Gasteiger partial charge in [0.25, 0.3) is 0 Å². The molecule has 23 heavy (non-hydrogen) atoms. The molecule has 2 aliphatic rings. The van der Waals surface area contributed by atoms with Crippen LogP contribution >= 0.6 is 0 Å². The van der Waals surface area contributed by atoms with Crippen LogP contribution in [-0.2, 0) is 9.47 Å². The van der Waals surface area contributed by atoms with Crippen LogP contribution < -0.4 is 10.6 Å². The van der Waals surface area contributed by atoms with E-state index in [0.29, 0.717) is 6.10 Å². The minimum Gasteiger partial charge on any atom is -0.379 e. The third-order valence-electron chi connectivity index (χ3n) is 4.75. The van der Waals surface area contributed by atoms with Gasteiger partial charge in [-0.2, -0.15) is 0 Å². The molecule has 1 heterocycles. The SMILES string of the molecule is CCNC(=NCC1CCCC(C)C1)NCCCOC1CCOC1. The summed E-state index contributed by atoms with van der Waals surface area (Å²) in [7, 11) is 0. The first-order valence-corrected chi connectivity index (χ1v) is 9.49. The second-order valence-corrected chi connectivity index (χ2v) is 6.99. The van der Waals surface area contributed by atoms with Crippen LogP contribution in [0.25, 0.3) is 0 Å². The molecule has 0 aromatic carbocycles. The molecule has 2 fully saturated rings. The van der Waals surface area contributed by atoms with Crippen LogP contribution in [0.15, 0.2) is 4.99 Å². The number of guanidine groups is 1. The minimum absolute atomic E-state index is 0.310. The summed E-state index contributed by atoms with van der Waals surface area (Å²) >= 11 is 0. The quantitative estimate of drug-likeness (QED) is 0.409. The second-order valence-electron chi connectivity index (χ2n) is 6.99. The standard InChI is InChI=1S/C18H35N3O2/c1-3-19-18(21-13-16-7-4-6-15(2)12-16)20-9-5-10-23-17-8-11-22-14-17/h15-17H,3-14H2,1-2H3,(H2,19,20,21). The molecular weight excluding hydrogens is 290 g/mol. The van der Waals surface area contributed by atoms with E-state index >= 15 is 0 Å². The molecule has 5 nitrogen and oxygen atoms in total. The normalized spacial score (nSPS) is 28.8. The summed E-state index contributed by atoms with van der Waals surface area (Å²) in [6.45, 7) is 9.65. The van der Waals surface area contributed by atoms with E-state index in [1.807, 2.05) is 0 Å². The zero-order chi connectivity index (χ0) is 16.3. The number of nitrogens with zero attached hydrogens (tertiary/aromatic N) is 1. The van der Waals surface area contributed by atoms with Crippen molar-refractivity contribution in [3.8, 4) is 0 Å². The minimum atomic E-state index is 0.310. The summed E-state index contributed by atoms with van der Waals surface area (Å²) in [6, 6.07) is 0. The highest BCUT2D eigenvalue weighted by Crippen LogP contribution is 2.28. The Bertz CT molecular complexity index is 343. The molecule has 1 aliphatic carbocycles. The highest BCUT2D eigenvalue weighted by atomic mass is 16.5. The molecule has 134 valence electrons. The molecule has 3 atom stereocenters. The smallest absolute Gasteiger partial charge is 0.191 e. The Kier molecular flexibility index (Phi) is 8.76. The van der Waals surface area contributed by atoms with Gasteiger partial charge in [-0.25, -0.2) is 0 Å². The number of hydrogen-bond acceptors (Lipinski definition) is 3. The number of ether oxygens (including phenoxy) is 2. The molecule has 0 bridgehead atoms. The lowest BCUT2D eigenvalue weighted by atomic mass is 9.82. The lowest BCUT2D eigenvalue weighted by Gasteiger charge is -2.25. The zero-order valence-electron chi connectivity index (χ0n) is 15.0. The molecule has 0 amide bonds. The van der Waals surface area contributed by atoms with Crippen LogP contribution in [0.3, 0.4) is 0 Å². The van der Waals surface area contributed by atoms with Gasteiger partial charge < -0.3 is 20.1 Å². The van der Waals surface area contributed by atoms with Crippen molar-refractivity contribution in [1.29, 1.82) is 0 Å². The van der Waals surface area contributed by atoms with Gasteiger partial charge in [0.1, 0.15) is 0 Å². The number of nitrogens with one attached hydrogen (secondary N) is 2. The van der Waals surface area contributed by atoms with Crippen LogP contribution in [-0.4, -0.2) is 51.5 Å². The second kappa shape index (κ2) is 10.9. The molecule has 1 saturated carbocycles. The predicted molar refractivity (Wildman–Crippen MR) is 94.9 cm³/mol. The van der Waals surface area contributed by atoms with Crippen molar-refractivity contribution in [2.75, 3.05) is 39.5 Å². The molecule has 0 spiro atoms. The van der Waals surface area contributed by atoms with Crippen LogP contribution in [0.1, 0.15) is 52.4 Å². The first-order chi connectivity index (χ1) is 11.3. The lowest BCUT2D eigenvalue weighted by Crippen LogP contribution is -2.38. The molecule has 0 aromatic heterocycles. The molecule has 5 heteroatoms. The Morgan fingerprint density at radius 2 is 2.17 bits per heavy atom. The van der Waals surface area contributed by atoms with E-state index in [-0.39, 0.29) is 0 Å². The van der Waals surface area contributed by atoms with Crippen LogP contribution in [0, 0.1) is 11.8 Å². The van der Waals surface area contributed by atoms with Crippen LogP contribution in [0.4, 0.5) is 0 Å². The fourth-order valence-electron chi connectivity index (χ4n) is 3.46. The van der Waals surface area contributed by atoms with Crippen LogP contribution in [0.2, 0.25) is 0 Å². The summed E-state index contributed by atoms with van der Waals surface area (Å²) in [4.78, 5) is 4.78. The first kappa shape index (κ1) is 18.5. The fourth-order valence-corrected chi connectivity index (χ4v) is 3.46. The lowest BCUT2D eigenvalue weighted by molar-refractivity contribution is 0.0420. The Morgan fingerprint density at radius 3 is 2.91 bits per heavy atom. The highest BCUT2D eigenvalue weighted by molar-refractivity contribution is 5.79. The summed E-state index contributed by atoms with van der Waals surface area (Å²) in [5.41, 5.74) is 0. The van der Waals surface area contributed by atoms with Gasteiger partial charge >= 0.3 is 0 Å². The van der Waals surface area contributed by atoms with Crippen molar-refractivity contribution in [2.45, 2.75) is 58.5 Å². The maximum Gasteiger partial charge on any atom is 0.191 e. The zero-order valence-corrected chi connectivity index (χ0v) is 15.0. The van der Waals surface area contributed by atoms with Crippen molar-refractivity contribution in [3.63, 3.8) is 0 Å². The van der Waals surface area contributed by atoms with Gasteiger partial charge in [0.05, 0.1) is 12.7 Å². The number of hydrogen-bond donors (Lipinski definition) is 2. The largest absolute Gasteiger partial charge is 0.379 e. The van der Waals surface area contributed by atoms with E-state index in [1.165, 1.54) is 25.7 Å². The maximum atomic E-state index is 5.79. The third-order valence-corrected chi connectivity index (χ3v) is 4.75. The van der Waals surface area contributed by atoms with E-state index in [4.69, 9.17) is 14.5 Å². The first-order valence-electron chi connectivity index (χ1n) is 9.49. The van der Waals surface area contributed by atoms with Crippen molar-refractivity contribution in [1.82, 2.24) is 10.6 Å². The van der Waals surface area contributed by atoms with Gasteiger partial charge in [0.15, 0.2) is 5.96 Å². The Morgan fingerprint density at radius 1 is 1.26 bits per heavy atom. The van der Waals surface area contributed by atoms with Gasteiger partial charge in [-0.15, -0.1) is 0 Å². The van der Waals surface area contributed by atoms with Crippen LogP contribution in [0.5, 0.6) is 0 Å². The van der Waals surface area contributed by atoms with Gasteiger partial charge in [0, 0.05) is 32.8 Å². The average molecular weight is 325 g/mol. The van der Waals surface area contributed by atoms with E-state index in [0.717, 1.165) is 70.1 Å². The fraction of sp³-hybridized carbons (Fsp3) is 0.944. The Hall–Kier alpha value is -0.810. The summed E-state index contributed by atoms with van der Waals surface area (Å²) < 4.78 is 11.1. The Labute approximate surface area is 141 Å². The van der Waals surface area contributed by atoms with Crippen molar-refractivity contribution >= 4 is 5.96 Å². The van der Waals surface area contributed by atoms with Gasteiger partial charge in [-0.3, -0.25) is 4.99 Å². The van der Waals surface area contributed by atoms with Gasteiger partial charge in [-0.1, -0.05) is 19.8 Å². The van der Waals surface area contributed by atoms with E-state index in [2.05, 4.69) is 24.5 Å². The third kappa shape index (κ3) is 7.53. The summed E-state index contributed by atoms with van der Waals surface area (Å²) in [5.74, 6) is 2.59. The van der Waals surface area contributed by atoms with E-state index in [9.17, 15) is 0 Å². The van der Waals surface area contributed by atoms with Crippen molar-refractivity contribution in [2.24, 2.45) is 16.8 Å². The molecule has 0 aromatic rings. The summed E-state index contributed by atoms with van der Waals surface area (Å²) in [6.07, 6.45) is 7.78. The Balaban J connectivity index is 1.60. The molecular formula is C18H35N3O2. The molecule has 3 unspecified atom stereocenters. The van der Waals surface area contributed by atoms with E-state index < -0.39 is 0 Å². The molecule has 2 N–H and O–H groups in total. The van der Waals surface area contributed by atoms with Crippen molar-refractivity contribution < 1.29 is 9.47 Å². The van der Waals surface area contributed by atoms with Crippen molar-refractivity contribution in [3.05, 3.63) is 0 Å². The topological polar surface area (TPSA) is 54.9 Å². The van der Waals surface area contributed by atoms with Gasteiger partial charge in [0.2, 0.25) is 0 Å². The van der Waals surface area contributed by atoms with Gasteiger partial charge in [-0.05, 0) is 44.4 Å². The number of aliphatic imine (C=N–C) groups is 1. The molecule has 0 radical (unpaired) electrons. The highest BCUT2D eigenvalue weighted by Gasteiger charge is 2.18. The maximum absolute atomic E-state index is 5.79. The molecule has 1 aliphatic heterocycles. The molecule has 2 rings (SSSR count). The predicted octanol–water partition coefficient (Wildman–Crippen LogP) is 2.56. The molecule has 1 saturated heterocycles. The number of rotatable bonds is 8. The summed E-state index contributed by atoms with van der Waals surface area (Å²) in [5, 5.41) is 6.77.